The fourth-order valence-corrected chi connectivity index (χ4v) is 1.40. The van der Waals surface area contributed by atoms with Gasteiger partial charge in [0.2, 0.25) is 5.91 Å². The van der Waals surface area contributed by atoms with Crippen molar-refractivity contribution < 1.29 is 4.79 Å². The highest BCUT2D eigenvalue weighted by Gasteiger charge is 2.02. The molecule has 1 aromatic carbocycles. The van der Waals surface area contributed by atoms with Crippen LogP contribution in [0, 0.1) is 6.92 Å². The number of rotatable bonds is 3. The van der Waals surface area contributed by atoms with Gasteiger partial charge in [0, 0.05) is 18.1 Å². The van der Waals surface area contributed by atoms with E-state index in [0.29, 0.717) is 0 Å². The Labute approximate surface area is 93.9 Å². The van der Waals surface area contributed by atoms with Crippen LogP contribution in [0.3, 0.4) is 0 Å². The molecule has 0 saturated heterocycles. The molecule has 0 unspecified atom stereocenters. The number of nitrogens with one attached hydrogen (secondary N) is 1. The summed E-state index contributed by atoms with van der Waals surface area (Å²) in [5.74, 6) is -0.0800. The molecule has 1 amide bonds. The van der Waals surface area contributed by atoms with Gasteiger partial charge in [-0.3, -0.25) is 4.79 Å². The number of amides is 1. The molecule has 2 rings (SSSR count). The Balaban J connectivity index is 1.97. The first-order valence-corrected chi connectivity index (χ1v) is 4.91. The summed E-state index contributed by atoms with van der Waals surface area (Å²) in [7, 11) is 0. The van der Waals surface area contributed by atoms with E-state index >= 15 is 0 Å². The number of nitrogens with zero attached hydrogens (tertiary/aromatic N) is 2. The van der Waals surface area contributed by atoms with Gasteiger partial charge in [-0.25, -0.2) is 4.98 Å². The number of carbonyl (C=O) groups is 1. The van der Waals surface area contributed by atoms with Crippen molar-refractivity contribution in [3.63, 3.8) is 0 Å². The van der Waals surface area contributed by atoms with Crippen LogP contribution in [0.2, 0.25) is 0 Å². The van der Waals surface area contributed by atoms with Gasteiger partial charge in [-0.05, 0) is 24.6 Å². The second-order valence-corrected chi connectivity index (χ2v) is 3.48. The van der Waals surface area contributed by atoms with Gasteiger partial charge in [0.25, 0.3) is 0 Å². The molecule has 0 atom stereocenters. The van der Waals surface area contributed by atoms with Crippen LogP contribution in [-0.2, 0) is 11.3 Å². The second-order valence-electron chi connectivity index (χ2n) is 3.48. The summed E-state index contributed by atoms with van der Waals surface area (Å²) in [6.45, 7) is 4.06. The number of aromatic nitrogens is 2. The van der Waals surface area contributed by atoms with Crippen LogP contribution in [0.1, 0.15) is 5.56 Å². The van der Waals surface area contributed by atoms with E-state index in [2.05, 4.69) is 17.2 Å². The highest BCUT2D eigenvalue weighted by atomic mass is 16.1. The Morgan fingerprint density at radius 1 is 1.50 bits per heavy atom. The smallest absolute Gasteiger partial charge is 0.244 e. The first-order chi connectivity index (χ1) is 7.74. The van der Waals surface area contributed by atoms with E-state index < -0.39 is 0 Å². The molecule has 1 N–H and O–H groups in total. The number of benzene rings is 1. The summed E-state index contributed by atoms with van der Waals surface area (Å²) in [5, 5.41) is 2.79. The summed E-state index contributed by atoms with van der Waals surface area (Å²) in [4.78, 5) is 15.5. The fourth-order valence-electron chi connectivity index (χ4n) is 1.40. The van der Waals surface area contributed by atoms with E-state index in [1.54, 1.807) is 23.3 Å². The number of hydrogen-bond acceptors (Lipinski definition) is 2. The Hall–Kier alpha value is -2.10. The number of anilines is 1. The maximum absolute atomic E-state index is 11.6. The van der Waals surface area contributed by atoms with Gasteiger partial charge >= 0.3 is 0 Å². The molecule has 0 aliphatic rings. The first-order valence-electron chi connectivity index (χ1n) is 4.91. The molecule has 16 heavy (non-hydrogen) atoms. The monoisotopic (exact) mass is 214 g/mol. The summed E-state index contributed by atoms with van der Waals surface area (Å²) in [6, 6.07) is 7.40. The lowest BCUT2D eigenvalue weighted by Gasteiger charge is -2.06. The SMILES string of the molecule is [CH2]c1cccc(NC(=O)Cn2ccnc2)c1. The van der Waals surface area contributed by atoms with Crippen molar-refractivity contribution in [3.8, 4) is 0 Å². The maximum Gasteiger partial charge on any atom is 0.244 e. The molecule has 0 aliphatic heterocycles. The predicted octanol–water partition coefficient (Wildman–Crippen LogP) is 1.70. The Morgan fingerprint density at radius 2 is 2.38 bits per heavy atom. The number of hydrogen-bond donors (Lipinski definition) is 1. The first kappa shape index (κ1) is 10.4. The van der Waals surface area contributed by atoms with E-state index in [4.69, 9.17) is 0 Å². The van der Waals surface area contributed by atoms with E-state index in [9.17, 15) is 4.79 Å². The average Bonchev–Trinajstić information content (AvgIpc) is 2.70. The standard InChI is InChI=1S/C12H12N3O/c1-10-3-2-4-11(7-10)14-12(16)8-15-6-5-13-9-15/h2-7,9H,1,8H2,(H,14,16). The molecule has 4 heteroatoms. The molecule has 0 fully saturated rings. The van der Waals surface area contributed by atoms with Gasteiger partial charge in [0.1, 0.15) is 6.54 Å². The van der Waals surface area contributed by atoms with E-state index in [1.807, 2.05) is 24.3 Å². The summed E-state index contributed by atoms with van der Waals surface area (Å²) >= 11 is 0. The van der Waals surface area contributed by atoms with Crippen LogP contribution in [0.25, 0.3) is 0 Å². The van der Waals surface area contributed by atoms with Crippen LogP contribution < -0.4 is 5.32 Å². The summed E-state index contributed by atoms with van der Waals surface area (Å²) < 4.78 is 1.71. The lowest BCUT2D eigenvalue weighted by molar-refractivity contribution is -0.116. The second kappa shape index (κ2) is 4.61. The molecule has 0 aliphatic carbocycles. The van der Waals surface area contributed by atoms with Crippen molar-refractivity contribution in [2.24, 2.45) is 0 Å². The van der Waals surface area contributed by atoms with Gasteiger partial charge < -0.3 is 9.88 Å². The van der Waals surface area contributed by atoms with E-state index in [-0.39, 0.29) is 12.5 Å². The Bertz CT molecular complexity index is 477. The van der Waals surface area contributed by atoms with Crippen molar-refractivity contribution in [3.05, 3.63) is 55.5 Å². The van der Waals surface area contributed by atoms with Gasteiger partial charge in [0.15, 0.2) is 0 Å². The largest absolute Gasteiger partial charge is 0.328 e. The molecule has 0 bridgehead atoms. The van der Waals surface area contributed by atoms with Gasteiger partial charge in [-0.1, -0.05) is 12.1 Å². The van der Waals surface area contributed by atoms with Gasteiger partial charge in [-0.15, -0.1) is 0 Å². The van der Waals surface area contributed by atoms with Crippen molar-refractivity contribution in [2.45, 2.75) is 6.54 Å². The quantitative estimate of drug-likeness (QED) is 0.845. The highest BCUT2D eigenvalue weighted by molar-refractivity contribution is 5.90. The topological polar surface area (TPSA) is 46.9 Å². The molecule has 1 aromatic heterocycles. The van der Waals surface area contributed by atoms with E-state index in [0.717, 1.165) is 11.3 Å². The summed E-state index contributed by atoms with van der Waals surface area (Å²) in [5.41, 5.74) is 1.64. The number of carbonyl (C=O) groups excluding carboxylic acids is 1. The normalized spacial score (nSPS) is 10.1. The van der Waals surface area contributed by atoms with Crippen molar-refractivity contribution >= 4 is 11.6 Å². The minimum absolute atomic E-state index is 0.0800. The Kier molecular flexibility index (Phi) is 3.00. The van der Waals surface area contributed by atoms with Crippen LogP contribution in [0.15, 0.2) is 43.0 Å². The maximum atomic E-state index is 11.6. The summed E-state index contributed by atoms with van der Waals surface area (Å²) in [6.07, 6.45) is 5.00. The third-order valence-electron chi connectivity index (χ3n) is 2.10. The predicted molar refractivity (Wildman–Crippen MR) is 61.8 cm³/mol. The molecule has 0 saturated carbocycles. The molecule has 0 spiro atoms. The van der Waals surface area contributed by atoms with Gasteiger partial charge in [-0.2, -0.15) is 0 Å². The zero-order chi connectivity index (χ0) is 11.4. The molecule has 4 nitrogen and oxygen atoms in total. The minimum Gasteiger partial charge on any atom is -0.328 e. The van der Waals surface area contributed by atoms with Crippen molar-refractivity contribution in [1.82, 2.24) is 9.55 Å². The third kappa shape index (κ3) is 2.70. The molecule has 81 valence electrons. The third-order valence-corrected chi connectivity index (χ3v) is 2.10. The minimum atomic E-state index is -0.0800. The van der Waals surface area contributed by atoms with Crippen LogP contribution in [-0.4, -0.2) is 15.5 Å². The lowest BCUT2D eigenvalue weighted by atomic mass is 10.2. The van der Waals surface area contributed by atoms with Crippen LogP contribution in [0.5, 0.6) is 0 Å². The Morgan fingerprint density at radius 3 is 3.06 bits per heavy atom. The van der Waals surface area contributed by atoms with E-state index in [1.165, 1.54) is 0 Å². The van der Waals surface area contributed by atoms with Crippen molar-refractivity contribution in [1.29, 1.82) is 0 Å². The molecule has 1 radical (unpaired) electrons. The average molecular weight is 214 g/mol. The molecule has 1 heterocycles. The van der Waals surface area contributed by atoms with Crippen LogP contribution >= 0.6 is 0 Å². The zero-order valence-electron chi connectivity index (χ0n) is 8.76. The molecular formula is C12H12N3O. The van der Waals surface area contributed by atoms with Crippen molar-refractivity contribution in [2.75, 3.05) is 5.32 Å². The lowest BCUT2D eigenvalue weighted by Crippen LogP contribution is -2.17. The fraction of sp³-hybridized carbons (Fsp3) is 0.0833. The molecular weight excluding hydrogens is 202 g/mol. The van der Waals surface area contributed by atoms with Gasteiger partial charge in [0.05, 0.1) is 6.33 Å². The van der Waals surface area contributed by atoms with Crippen LogP contribution in [0.4, 0.5) is 5.69 Å². The number of imidazole rings is 1. The zero-order valence-corrected chi connectivity index (χ0v) is 8.76. The highest BCUT2D eigenvalue weighted by Crippen LogP contribution is 2.09. The molecule has 2 aromatic rings.